The SMILES string of the molecule is CC1C=C(O)C(C)(C2NCCc3ccccc32)c2cc(O)ccc21. The lowest BCUT2D eigenvalue weighted by Gasteiger charge is -2.45. The van der Waals surface area contributed by atoms with Crippen molar-refractivity contribution in [3.63, 3.8) is 0 Å². The number of nitrogens with one attached hydrogen (secondary N) is 1. The summed E-state index contributed by atoms with van der Waals surface area (Å²) in [5, 5.41) is 24.6. The van der Waals surface area contributed by atoms with Crippen LogP contribution in [-0.4, -0.2) is 16.8 Å². The van der Waals surface area contributed by atoms with E-state index in [1.165, 1.54) is 11.1 Å². The van der Waals surface area contributed by atoms with Gasteiger partial charge in [-0.2, -0.15) is 0 Å². The van der Waals surface area contributed by atoms with E-state index in [0.717, 1.165) is 24.1 Å². The van der Waals surface area contributed by atoms with Crippen LogP contribution in [0.5, 0.6) is 5.75 Å². The molecule has 3 N–H and O–H groups in total. The Morgan fingerprint density at radius 3 is 2.71 bits per heavy atom. The van der Waals surface area contributed by atoms with Gasteiger partial charge in [0, 0.05) is 12.0 Å². The fraction of sp³-hybridized carbons (Fsp3) is 0.333. The molecule has 24 heavy (non-hydrogen) atoms. The van der Waals surface area contributed by atoms with Crippen LogP contribution in [0, 0.1) is 0 Å². The summed E-state index contributed by atoms with van der Waals surface area (Å²) < 4.78 is 0. The zero-order valence-corrected chi connectivity index (χ0v) is 14.1. The van der Waals surface area contributed by atoms with Gasteiger partial charge in [-0.25, -0.2) is 0 Å². The zero-order chi connectivity index (χ0) is 16.9. The molecule has 124 valence electrons. The normalized spacial score (nSPS) is 28.7. The number of phenols is 1. The molecule has 2 aromatic carbocycles. The molecule has 1 heterocycles. The van der Waals surface area contributed by atoms with Crippen LogP contribution in [0.1, 0.15) is 48.1 Å². The molecule has 0 saturated heterocycles. The predicted octanol–water partition coefficient (Wildman–Crippen LogP) is 4.10. The lowest BCUT2D eigenvalue weighted by atomic mass is 9.64. The number of aromatic hydroxyl groups is 1. The third-order valence-electron chi connectivity index (χ3n) is 5.71. The number of aliphatic hydroxyl groups is 1. The van der Waals surface area contributed by atoms with Crippen molar-refractivity contribution in [2.45, 2.75) is 37.6 Å². The summed E-state index contributed by atoms with van der Waals surface area (Å²) in [5.74, 6) is 0.751. The maximum absolute atomic E-state index is 11.0. The summed E-state index contributed by atoms with van der Waals surface area (Å²) >= 11 is 0. The molecule has 1 aliphatic heterocycles. The average molecular weight is 321 g/mol. The number of rotatable bonds is 1. The van der Waals surface area contributed by atoms with Crippen LogP contribution < -0.4 is 5.32 Å². The summed E-state index contributed by atoms with van der Waals surface area (Å²) in [6.45, 7) is 5.03. The first-order valence-corrected chi connectivity index (χ1v) is 8.57. The van der Waals surface area contributed by atoms with Crippen molar-refractivity contribution in [2.75, 3.05) is 6.54 Å². The maximum atomic E-state index is 11.0. The highest BCUT2D eigenvalue weighted by atomic mass is 16.3. The molecule has 0 radical (unpaired) electrons. The molecule has 3 atom stereocenters. The molecule has 3 heteroatoms. The molecule has 0 bridgehead atoms. The molecule has 1 aliphatic carbocycles. The smallest absolute Gasteiger partial charge is 0.115 e. The van der Waals surface area contributed by atoms with E-state index in [1.54, 1.807) is 6.07 Å². The van der Waals surface area contributed by atoms with Crippen molar-refractivity contribution in [2.24, 2.45) is 0 Å². The van der Waals surface area contributed by atoms with Crippen molar-refractivity contribution in [1.82, 2.24) is 5.32 Å². The monoisotopic (exact) mass is 321 g/mol. The second kappa shape index (κ2) is 5.38. The summed E-state index contributed by atoms with van der Waals surface area (Å²) in [6, 6.07) is 13.9. The van der Waals surface area contributed by atoms with Gasteiger partial charge in [0.05, 0.1) is 5.41 Å². The fourth-order valence-corrected chi connectivity index (χ4v) is 4.35. The molecule has 0 saturated carbocycles. The van der Waals surface area contributed by atoms with Gasteiger partial charge >= 0.3 is 0 Å². The molecule has 3 unspecified atom stereocenters. The second-order valence-corrected chi connectivity index (χ2v) is 7.15. The molecule has 2 aromatic rings. The average Bonchev–Trinajstić information content (AvgIpc) is 2.59. The third-order valence-corrected chi connectivity index (χ3v) is 5.71. The molecule has 0 spiro atoms. The van der Waals surface area contributed by atoms with Crippen molar-refractivity contribution in [1.29, 1.82) is 0 Å². The quantitative estimate of drug-likeness (QED) is 0.741. The number of aliphatic hydroxyl groups excluding tert-OH is 1. The lowest BCUT2D eigenvalue weighted by molar-refractivity contribution is 0.235. The van der Waals surface area contributed by atoms with E-state index in [4.69, 9.17) is 0 Å². The summed E-state index contributed by atoms with van der Waals surface area (Å²) in [6.07, 6.45) is 2.94. The highest BCUT2D eigenvalue weighted by Crippen LogP contribution is 2.50. The Kier molecular flexibility index (Phi) is 3.43. The lowest BCUT2D eigenvalue weighted by Crippen LogP contribution is -2.46. The van der Waals surface area contributed by atoms with E-state index < -0.39 is 5.41 Å². The fourth-order valence-electron chi connectivity index (χ4n) is 4.35. The van der Waals surface area contributed by atoms with Crippen LogP contribution in [0.25, 0.3) is 0 Å². The van der Waals surface area contributed by atoms with E-state index in [0.29, 0.717) is 5.76 Å². The van der Waals surface area contributed by atoms with Crippen LogP contribution in [0.2, 0.25) is 0 Å². The Bertz CT molecular complexity index is 826. The zero-order valence-electron chi connectivity index (χ0n) is 14.1. The highest BCUT2D eigenvalue weighted by molar-refractivity contribution is 5.53. The van der Waals surface area contributed by atoms with Crippen molar-refractivity contribution in [3.05, 3.63) is 76.6 Å². The van der Waals surface area contributed by atoms with E-state index in [2.05, 4.69) is 43.4 Å². The van der Waals surface area contributed by atoms with Gasteiger partial charge in [-0.3, -0.25) is 0 Å². The number of allylic oxidation sites excluding steroid dienone is 1. The molecular formula is C21H23NO2. The summed E-state index contributed by atoms with van der Waals surface area (Å²) in [4.78, 5) is 0. The Balaban J connectivity index is 1.94. The van der Waals surface area contributed by atoms with E-state index in [9.17, 15) is 10.2 Å². The maximum Gasteiger partial charge on any atom is 0.115 e. The molecule has 4 rings (SSSR count). The number of benzene rings is 2. The molecule has 0 aromatic heterocycles. The number of hydrogen-bond donors (Lipinski definition) is 3. The Morgan fingerprint density at radius 2 is 1.88 bits per heavy atom. The van der Waals surface area contributed by atoms with Crippen molar-refractivity contribution >= 4 is 0 Å². The van der Waals surface area contributed by atoms with E-state index in [-0.39, 0.29) is 17.7 Å². The van der Waals surface area contributed by atoms with Crippen LogP contribution >= 0.6 is 0 Å². The van der Waals surface area contributed by atoms with Gasteiger partial charge in [0.15, 0.2) is 0 Å². The first-order valence-electron chi connectivity index (χ1n) is 8.57. The molecule has 0 fully saturated rings. The Labute approximate surface area is 142 Å². The number of hydrogen-bond acceptors (Lipinski definition) is 3. The predicted molar refractivity (Wildman–Crippen MR) is 95.5 cm³/mol. The molecule has 3 nitrogen and oxygen atoms in total. The standard InChI is InChI=1S/C21H23NO2/c1-13-11-19(24)21(2,18-12-15(23)7-8-16(13)18)20-17-6-4-3-5-14(17)9-10-22-20/h3-8,11-13,20,22-24H,9-10H2,1-2H3. The minimum Gasteiger partial charge on any atom is -0.512 e. The van der Waals surface area contributed by atoms with Crippen LogP contribution in [0.15, 0.2) is 54.3 Å². The van der Waals surface area contributed by atoms with Crippen LogP contribution in [0.3, 0.4) is 0 Å². The number of fused-ring (bicyclic) bond motifs is 2. The minimum absolute atomic E-state index is 0.0215. The third kappa shape index (κ3) is 2.08. The van der Waals surface area contributed by atoms with Gasteiger partial charge in [-0.1, -0.05) is 37.3 Å². The van der Waals surface area contributed by atoms with Gasteiger partial charge in [0.1, 0.15) is 11.5 Å². The molecular weight excluding hydrogens is 298 g/mol. The first kappa shape index (κ1) is 15.3. The second-order valence-electron chi connectivity index (χ2n) is 7.15. The van der Waals surface area contributed by atoms with Crippen molar-refractivity contribution < 1.29 is 10.2 Å². The number of phenolic OH excluding ortho intramolecular Hbond substituents is 1. The molecule has 0 amide bonds. The Morgan fingerprint density at radius 1 is 1.08 bits per heavy atom. The highest BCUT2D eigenvalue weighted by Gasteiger charge is 2.46. The van der Waals surface area contributed by atoms with Gasteiger partial charge in [-0.05, 0) is 60.4 Å². The van der Waals surface area contributed by atoms with E-state index in [1.807, 2.05) is 18.2 Å². The first-order chi connectivity index (χ1) is 11.5. The van der Waals surface area contributed by atoms with Crippen LogP contribution in [-0.2, 0) is 11.8 Å². The minimum atomic E-state index is -0.600. The largest absolute Gasteiger partial charge is 0.512 e. The topological polar surface area (TPSA) is 52.5 Å². The van der Waals surface area contributed by atoms with Gasteiger partial charge in [0.2, 0.25) is 0 Å². The van der Waals surface area contributed by atoms with Gasteiger partial charge in [0.25, 0.3) is 0 Å². The van der Waals surface area contributed by atoms with Crippen LogP contribution in [0.4, 0.5) is 0 Å². The van der Waals surface area contributed by atoms with Gasteiger partial charge in [-0.15, -0.1) is 0 Å². The summed E-state index contributed by atoms with van der Waals surface area (Å²) in [7, 11) is 0. The van der Waals surface area contributed by atoms with Gasteiger partial charge < -0.3 is 15.5 Å². The Hall–Kier alpha value is -2.26. The van der Waals surface area contributed by atoms with Crippen molar-refractivity contribution in [3.8, 4) is 5.75 Å². The molecule has 2 aliphatic rings. The van der Waals surface area contributed by atoms with E-state index >= 15 is 0 Å². The summed E-state index contributed by atoms with van der Waals surface area (Å²) in [5.41, 5.74) is 4.13.